The van der Waals surface area contributed by atoms with Gasteiger partial charge in [-0.2, -0.15) is 0 Å². The van der Waals surface area contributed by atoms with Gasteiger partial charge in [-0.05, 0) is 37.4 Å². The van der Waals surface area contributed by atoms with Gasteiger partial charge in [0.05, 0.1) is 5.56 Å². The summed E-state index contributed by atoms with van der Waals surface area (Å²) in [5.74, 6) is -0.535. The lowest BCUT2D eigenvalue weighted by Gasteiger charge is -2.24. The maximum atomic E-state index is 12.9. The zero-order valence-electron chi connectivity index (χ0n) is 10.6. The van der Waals surface area contributed by atoms with Crippen LogP contribution in [0.25, 0.3) is 0 Å². The Balaban J connectivity index is 1.77. The van der Waals surface area contributed by atoms with Gasteiger partial charge in [0.15, 0.2) is 0 Å². The van der Waals surface area contributed by atoms with Crippen molar-refractivity contribution in [2.45, 2.75) is 18.9 Å². The minimum absolute atomic E-state index is 0.181. The van der Waals surface area contributed by atoms with Gasteiger partial charge in [0, 0.05) is 25.2 Å². The first kappa shape index (κ1) is 12.4. The Labute approximate surface area is 111 Å². The predicted molar refractivity (Wildman–Crippen MR) is 68.5 cm³/mol. The van der Waals surface area contributed by atoms with Gasteiger partial charge in [0.2, 0.25) is 0 Å². The fraction of sp³-hybridized carbons (Fsp3) is 0.500. The number of carbonyl (C=O) groups is 1. The number of amides is 1. The van der Waals surface area contributed by atoms with Crippen molar-refractivity contribution in [3.8, 4) is 5.75 Å². The zero-order valence-corrected chi connectivity index (χ0v) is 10.6. The van der Waals surface area contributed by atoms with Crippen molar-refractivity contribution in [2.24, 2.45) is 5.92 Å². The maximum Gasteiger partial charge on any atom is 0.257 e. The van der Waals surface area contributed by atoms with E-state index in [9.17, 15) is 14.3 Å². The highest BCUT2D eigenvalue weighted by molar-refractivity contribution is 5.97. The zero-order chi connectivity index (χ0) is 13.4. The van der Waals surface area contributed by atoms with E-state index in [1.165, 1.54) is 12.1 Å². The van der Waals surface area contributed by atoms with Crippen molar-refractivity contribution in [3.05, 3.63) is 29.6 Å². The summed E-state index contributed by atoms with van der Waals surface area (Å²) in [6.07, 6.45) is 2.28. The normalized spacial score (nSPS) is 26.3. The second kappa shape index (κ2) is 4.81. The van der Waals surface area contributed by atoms with E-state index in [1.54, 1.807) is 4.90 Å². The van der Waals surface area contributed by atoms with Crippen LogP contribution in [-0.2, 0) is 0 Å². The van der Waals surface area contributed by atoms with Crippen molar-refractivity contribution in [1.82, 2.24) is 10.2 Å². The van der Waals surface area contributed by atoms with E-state index in [1.807, 2.05) is 0 Å². The molecule has 0 aromatic heterocycles. The molecule has 0 aliphatic carbocycles. The molecule has 1 aromatic carbocycles. The molecule has 0 radical (unpaired) electrons. The number of likely N-dealkylation sites (tertiary alicyclic amines) is 1. The first-order chi connectivity index (χ1) is 9.15. The number of phenols is 1. The number of carbonyl (C=O) groups excluding carboxylic acids is 1. The van der Waals surface area contributed by atoms with Crippen LogP contribution in [0, 0.1) is 11.7 Å². The number of piperidine rings is 1. The molecule has 2 atom stereocenters. The van der Waals surface area contributed by atoms with E-state index in [-0.39, 0.29) is 17.2 Å². The molecule has 102 valence electrons. The third-order valence-electron chi connectivity index (χ3n) is 4.08. The molecule has 1 aromatic rings. The Kier molecular flexibility index (Phi) is 3.14. The molecule has 4 nitrogen and oxygen atoms in total. The van der Waals surface area contributed by atoms with Crippen molar-refractivity contribution in [3.63, 3.8) is 0 Å². The number of fused-ring (bicyclic) bond motifs is 1. The number of halogens is 1. The lowest BCUT2D eigenvalue weighted by atomic mass is 9.94. The van der Waals surface area contributed by atoms with Crippen LogP contribution < -0.4 is 5.32 Å². The third-order valence-corrected chi connectivity index (χ3v) is 4.08. The van der Waals surface area contributed by atoms with Gasteiger partial charge >= 0.3 is 0 Å². The van der Waals surface area contributed by atoms with Gasteiger partial charge in [-0.3, -0.25) is 4.79 Å². The van der Waals surface area contributed by atoms with Gasteiger partial charge in [-0.25, -0.2) is 4.39 Å². The summed E-state index contributed by atoms with van der Waals surface area (Å²) in [5.41, 5.74) is 0.181. The standard InChI is InChI=1S/C14H17FN2O2/c15-10-3-4-11(13(18)6-10)14(19)17-7-9-2-1-5-16-12(9)8-17/h3-4,6,9,12,16,18H,1-2,5,7-8H2/t9-,12+/m0/s1. The Morgan fingerprint density at radius 1 is 1.42 bits per heavy atom. The van der Waals surface area contributed by atoms with Crippen molar-refractivity contribution in [1.29, 1.82) is 0 Å². The molecular weight excluding hydrogens is 247 g/mol. The molecule has 0 unspecified atom stereocenters. The lowest BCUT2D eigenvalue weighted by molar-refractivity contribution is 0.0782. The van der Waals surface area contributed by atoms with Crippen LogP contribution in [0.5, 0.6) is 5.75 Å². The molecule has 5 heteroatoms. The minimum atomic E-state index is -0.536. The van der Waals surface area contributed by atoms with E-state index in [0.29, 0.717) is 25.0 Å². The topological polar surface area (TPSA) is 52.6 Å². The van der Waals surface area contributed by atoms with Gasteiger partial charge in [-0.1, -0.05) is 0 Å². The average molecular weight is 264 g/mol. The Morgan fingerprint density at radius 3 is 3.00 bits per heavy atom. The fourth-order valence-corrected chi connectivity index (χ4v) is 3.07. The molecule has 0 bridgehead atoms. The Bertz CT molecular complexity index is 492. The highest BCUT2D eigenvalue weighted by Crippen LogP contribution is 2.28. The number of benzene rings is 1. The highest BCUT2D eigenvalue weighted by atomic mass is 19.1. The van der Waals surface area contributed by atoms with E-state index >= 15 is 0 Å². The van der Waals surface area contributed by atoms with Crippen LogP contribution in [0.1, 0.15) is 23.2 Å². The molecule has 19 heavy (non-hydrogen) atoms. The van der Waals surface area contributed by atoms with Crippen LogP contribution in [0.15, 0.2) is 18.2 Å². The molecule has 2 heterocycles. The molecular formula is C14H17FN2O2. The molecule has 2 fully saturated rings. The second-order valence-corrected chi connectivity index (χ2v) is 5.33. The number of hydrogen-bond acceptors (Lipinski definition) is 3. The lowest BCUT2D eigenvalue weighted by Crippen LogP contribution is -2.41. The molecule has 2 aliphatic heterocycles. The molecule has 0 saturated carbocycles. The summed E-state index contributed by atoms with van der Waals surface area (Å²) in [6, 6.07) is 3.89. The Morgan fingerprint density at radius 2 is 2.26 bits per heavy atom. The van der Waals surface area contributed by atoms with E-state index in [0.717, 1.165) is 25.5 Å². The minimum Gasteiger partial charge on any atom is -0.507 e. The number of aromatic hydroxyl groups is 1. The van der Waals surface area contributed by atoms with E-state index in [2.05, 4.69) is 5.32 Å². The van der Waals surface area contributed by atoms with Crippen LogP contribution in [0.2, 0.25) is 0 Å². The summed E-state index contributed by atoms with van der Waals surface area (Å²) in [5, 5.41) is 13.1. The summed E-state index contributed by atoms with van der Waals surface area (Å²) < 4.78 is 12.9. The number of phenolic OH excluding ortho intramolecular Hbond substituents is 1. The van der Waals surface area contributed by atoms with E-state index in [4.69, 9.17) is 0 Å². The molecule has 3 rings (SSSR count). The molecule has 0 spiro atoms. The van der Waals surface area contributed by atoms with Gasteiger partial charge < -0.3 is 15.3 Å². The van der Waals surface area contributed by atoms with Crippen molar-refractivity contribution < 1.29 is 14.3 Å². The summed E-state index contributed by atoms with van der Waals surface area (Å²) in [6.45, 7) is 2.39. The van der Waals surface area contributed by atoms with Crippen molar-refractivity contribution >= 4 is 5.91 Å². The number of hydrogen-bond donors (Lipinski definition) is 2. The van der Waals surface area contributed by atoms with Crippen LogP contribution in [0.3, 0.4) is 0 Å². The van der Waals surface area contributed by atoms with Gasteiger partial charge in [0.25, 0.3) is 5.91 Å². The summed E-state index contributed by atoms with van der Waals surface area (Å²) in [4.78, 5) is 14.1. The van der Waals surface area contributed by atoms with Crippen molar-refractivity contribution in [2.75, 3.05) is 19.6 Å². The summed E-state index contributed by atoms with van der Waals surface area (Å²) in [7, 11) is 0. The van der Waals surface area contributed by atoms with Crippen LogP contribution in [0.4, 0.5) is 4.39 Å². The third kappa shape index (κ3) is 2.30. The van der Waals surface area contributed by atoms with Gasteiger partial charge in [0.1, 0.15) is 11.6 Å². The SMILES string of the molecule is O=C(c1ccc(F)cc1O)N1C[C@@H]2CCCN[C@@H]2C1. The smallest absolute Gasteiger partial charge is 0.257 e. The number of rotatable bonds is 1. The molecule has 2 saturated heterocycles. The molecule has 2 N–H and O–H groups in total. The summed E-state index contributed by atoms with van der Waals surface area (Å²) >= 11 is 0. The number of nitrogens with one attached hydrogen (secondary N) is 1. The maximum absolute atomic E-state index is 12.9. The quantitative estimate of drug-likeness (QED) is 0.805. The first-order valence-corrected chi connectivity index (χ1v) is 6.66. The first-order valence-electron chi connectivity index (χ1n) is 6.66. The second-order valence-electron chi connectivity index (χ2n) is 5.33. The average Bonchev–Trinajstić information content (AvgIpc) is 2.81. The van der Waals surface area contributed by atoms with E-state index < -0.39 is 5.82 Å². The monoisotopic (exact) mass is 264 g/mol. The number of nitrogens with zero attached hydrogens (tertiary/aromatic N) is 1. The van der Waals surface area contributed by atoms with Crippen LogP contribution >= 0.6 is 0 Å². The van der Waals surface area contributed by atoms with Crippen LogP contribution in [-0.4, -0.2) is 41.6 Å². The fourth-order valence-electron chi connectivity index (χ4n) is 3.07. The molecule has 1 amide bonds. The van der Waals surface area contributed by atoms with Gasteiger partial charge in [-0.15, -0.1) is 0 Å². The Hall–Kier alpha value is -1.62. The highest BCUT2D eigenvalue weighted by Gasteiger charge is 2.37. The molecule has 2 aliphatic rings. The largest absolute Gasteiger partial charge is 0.507 e. The predicted octanol–water partition coefficient (Wildman–Crippen LogP) is 1.36.